The minimum Gasteiger partial charge on any atom is -0.330 e. The third-order valence-corrected chi connectivity index (χ3v) is 4.68. The molecule has 3 rings (SSSR count). The fourth-order valence-electron chi connectivity index (χ4n) is 3.36. The molecule has 1 aliphatic carbocycles. The van der Waals surface area contributed by atoms with Gasteiger partial charge >= 0.3 is 0 Å². The molecule has 0 aromatic heterocycles. The van der Waals surface area contributed by atoms with Crippen LogP contribution >= 0.6 is 0 Å². The highest BCUT2D eigenvalue weighted by Gasteiger charge is 2.56. The fraction of sp³-hybridized carbons (Fsp3) is 0.333. The van der Waals surface area contributed by atoms with Gasteiger partial charge in [-0.05, 0) is 40.5 Å². The highest BCUT2D eigenvalue weighted by Crippen LogP contribution is 2.63. The number of hydrogen-bond acceptors (Lipinski definition) is 1. The zero-order valence-electron chi connectivity index (χ0n) is 11.6. The Labute approximate surface area is 115 Å². The van der Waals surface area contributed by atoms with Crippen molar-refractivity contribution in [3.8, 4) is 11.1 Å². The van der Waals surface area contributed by atoms with Gasteiger partial charge in [0.2, 0.25) is 0 Å². The van der Waals surface area contributed by atoms with Crippen molar-refractivity contribution in [1.82, 2.24) is 0 Å². The molecule has 0 amide bonds. The predicted molar refractivity (Wildman–Crippen MR) is 80.9 cm³/mol. The molecule has 2 atom stereocenters. The van der Waals surface area contributed by atoms with Crippen LogP contribution in [0.3, 0.4) is 0 Å². The molecule has 1 heteroatoms. The average Bonchev–Trinajstić information content (AvgIpc) is 3.01. The summed E-state index contributed by atoms with van der Waals surface area (Å²) >= 11 is 0. The van der Waals surface area contributed by atoms with Crippen LogP contribution in [-0.2, 0) is 0 Å². The Balaban J connectivity index is 1.85. The normalized spacial score (nSPS) is 24.2. The largest absolute Gasteiger partial charge is 0.330 e. The van der Waals surface area contributed by atoms with Crippen molar-refractivity contribution >= 4 is 0 Å². The van der Waals surface area contributed by atoms with Crippen molar-refractivity contribution in [2.45, 2.75) is 19.8 Å². The summed E-state index contributed by atoms with van der Waals surface area (Å²) in [5.74, 6) is 1.26. The van der Waals surface area contributed by atoms with E-state index in [0.29, 0.717) is 17.3 Å². The van der Waals surface area contributed by atoms with Crippen molar-refractivity contribution in [2.75, 3.05) is 6.54 Å². The minimum atomic E-state index is 0.364. The molecule has 0 aliphatic heterocycles. The maximum absolute atomic E-state index is 5.86. The molecule has 2 N–H and O–H groups in total. The van der Waals surface area contributed by atoms with E-state index < -0.39 is 0 Å². The quantitative estimate of drug-likeness (QED) is 0.875. The summed E-state index contributed by atoms with van der Waals surface area (Å²) in [6.07, 6.45) is 0. The summed E-state index contributed by atoms with van der Waals surface area (Å²) in [5.41, 5.74) is 10.2. The van der Waals surface area contributed by atoms with E-state index in [0.717, 1.165) is 6.54 Å². The Kier molecular flexibility index (Phi) is 2.94. The highest BCUT2D eigenvalue weighted by atomic mass is 14.7. The molecular weight excluding hydrogens is 230 g/mol. The lowest BCUT2D eigenvalue weighted by Crippen LogP contribution is -2.05. The standard InChI is InChI=1S/C18H21N/c1-18(2)16(12-19)17(18)15-10-8-14(9-11-15)13-6-4-3-5-7-13/h3-11,16-17H,12,19H2,1-2H3. The average molecular weight is 251 g/mol. The van der Waals surface area contributed by atoms with Crippen LogP contribution in [0.2, 0.25) is 0 Å². The van der Waals surface area contributed by atoms with E-state index in [-0.39, 0.29) is 0 Å². The van der Waals surface area contributed by atoms with Gasteiger partial charge < -0.3 is 5.73 Å². The highest BCUT2D eigenvalue weighted by molar-refractivity contribution is 5.63. The van der Waals surface area contributed by atoms with Gasteiger partial charge in [-0.25, -0.2) is 0 Å². The first kappa shape index (κ1) is 12.4. The van der Waals surface area contributed by atoms with Gasteiger partial charge in [0, 0.05) is 0 Å². The van der Waals surface area contributed by atoms with Crippen molar-refractivity contribution in [3.63, 3.8) is 0 Å². The van der Waals surface area contributed by atoms with Gasteiger partial charge in [0.1, 0.15) is 0 Å². The second-order valence-corrected chi connectivity index (χ2v) is 6.13. The third kappa shape index (κ3) is 2.08. The summed E-state index contributed by atoms with van der Waals surface area (Å²) in [6, 6.07) is 19.5. The second-order valence-electron chi connectivity index (χ2n) is 6.13. The third-order valence-electron chi connectivity index (χ3n) is 4.68. The summed E-state index contributed by atoms with van der Waals surface area (Å²) in [4.78, 5) is 0. The molecule has 1 fully saturated rings. The Morgan fingerprint density at radius 2 is 1.47 bits per heavy atom. The van der Waals surface area contributed by atoms with Gasteiger partial charge in [-0.3, -0.25) is 0 Å². The molecule has 1 aliphatic rings. The van der Waals surface area contributed by atoms with E-state index in [1.165, 1.54) is 16.7 Å². The molecule has 0 saturated heterocycles. The molecule has 1 nitrogen and oxygen atoms in total. The first-order valence-corrected chi connectivity index (χ1v) is 7.00. The van der Waals surface area contributed by atoms with Crippen LogP contribution in [0, 0.1) is 11.3 Å². The van der Waals surface area contributed by atoms with E-state index in [2.05, 4.69) is 68.4 Å². The SMILES string of the molecule is CC1(C)C(CN)C1c1ccc(-c2ccccc2)cc1. The first-order chi connectivity index (χ1) is 9.14. The molecule has 2 unspecified atom stereocenters. The Bertz CT molecular complexity index is 554. The van der Waals surface area contributed by atoms with Crippen LogP contribution in [0.1, 0.15) is 25.3 Å². The molecular formula is C18H21N. The van der Waals surface area contributed by atoms with Gasteiger partial charge in [0.05, 0.1) is 0 Å². The van der Waals surface area contributed by atoms with E-state index in [9.17, 15) is 0 Å². The topological polar surface area (TPSA) is 26.0 Å². The summed E-state index contributed by atoms with van der Waals surface area (Å²) < 4.78 is 0. The predicted octanol–water partition coefficient (Wildman–Crippen LogP) is 4.05. The number of hydrogen-bond donors (Lipinski definition) is 1. The maximum Gasteiger partial charge on any atom is -0.00375 e. The van der Waals surface area contributed by atoms with Crippen LogP contribution in [0.5, 0.6) is 0 Å². The van der Waals surface area contributed by atoms with Crippen molar-refractivity contribution < 1.29 is 0 Å². The van der Waals surface area contributed by atoms with E-state index in [1.807, 2.05) is 0 Å². The van der Waals surface area contributed by atoms with Crippen molar-refractivity contribution in [1.29, 1.82) is 0 Å². The summed E-state index contributed by atoms with van der Waals surface area (Å²) in [6.45, 7) is 5.43. The maximum atomic E-state index is 5.86. The number of benzene rings is 2. The van der Waals surface area contributed by atoms with E-state index in [4.69, 9.17) is 5.73 Å². The lowest BCUT2D eigenvalue weighted by molar-refractivity contribution is 0.558. The number of nitrogens with two attached hydrogens (primary N) is 1. The van der Waals surface area contributed by atoms with Crippen LogP contribution < -0.4 is 5.73 Å². The molecule has 19 heavy (non-hydrogen) atoms. The molecule has 0 radical (unpaired) electrons. The molecule has 2 aromatic carbocycles. The zero-order valence-corrected chi connectivity index (χ0v) is 11.6. The Morgan fingerprint density at radius 3 is 2.00 bits per heavy atom. The number of rotatable bonds is 3. The lowest BCUT2D eigenvalue weighted by Gasteiger charge is -2.06. The second kappa shape index (κ2) is 4.50. The van der Waals surface area contributed by atoms with E-state index in [1.54, 1.807) is 0 Å². The zero-order chi connectivity index (χ0) is 13.5. The lowest BCUT2D eigenvalue weighted by atomic mass is 9.99. The van der Waals surface area contributed by atoms with Crippen molar-refractivity contribution in [3.05, 3.63) is 60.2 Å². The first-order valence-electron chi connectivity index (χ1n) is 7.00. The Hall–Kier alpha value is -1.60. The smallest absolute Gasteiger partial charge is 0.00375 e. The van der Waals surface area contributed by atoms with Crippen LogP contribution in [-0.4, -0.2) is 6.54 Å². The molecule has 0 spiro atoms. The van der Waals surface area contributed by atoms with Gasteiger partial charge in [-0.2, -0.15) is 0 Å². The van der Waals surface area contributed by atoms with Crippen LogP contribution in [0.4, 0.5) is 0 Å². The van der Waals surface area contributed by atoms with Gasteiger partial charge in [0.25, 0.3) is 0 Å². The molecule has 1 saturated carbocycles. The summed E-state index contributed by atoms with van der Waals surface area (Å²) in [7, 11) is 0. The summed E-state index contributed by atoms with van der Waals surface area (Å²) in [5, 5.41) is 0. The fourth-order valence-corrected chi connectivity index (χ4v) is 3.36. The van der Waals surface area contributed by atoms with Gasteiger partial charge in [-0.15, -0.1) is 0 Å². The van der Waals surface area contributed by atoms with Gasteiger partial charge in [-0.1, -0.05) is 68.4 Å². The monoisotopic (exact) mass is 251 g/mol. The van der Waals surface area contributed by atoms with Crippen molar-refractivity contribution in [2.24, 2.45) is 17.1 Å². The van der Waals surface area contributed by atoms with Crippen LogP contribution in [0.25, 0.3) is 11.1 Å². The van der Waals surface area contributed by atoms with E-state index >= 15 is 0 Å². The molecule has 2 aromatic rings. The van der Waals surface area contributed by atoms with Gasteiger partial charge in [0.15, 0.2) is 0 Å². The molecule has 98 valence electrons. The van der Waals surface area contributed by atoms with Crippen LogP contribution in [0.15, 0.2) is 54.6 Å². The Morgan fingerprint density at radius 1 is 0.895 bits per heavy atom. The molecule has 0 heterocycles. The molecule has 0 bridgehead atoms. The minimum absolute atomic E-state index is 0.364.